The third-order valence-corrected chi connectivity index (χ3v) is 6.02. The van der Waals surface area contributed by atoms with Crippen molar-refractivity contribution >= 4 is 36.7 Å². The minimum absolute atomic E-state index is 0. The number of aromatic nitrogens is 4. The van der Waals surface area contributed by atoms with Crippen molar-refractivity contribution in [2.75, 3.05) is 11.9 Å². The van der Waals surface area contributed by atoms with E-state index >= 15 is 0 Å². The first-order valence-electron chi connectivity index (χ1n) is 10.3. The van der Waals surface area contributed by atoms with Gasteiger partial charge in [0.2, 0.25) is 5.91 Å². The quantitative estimate of drug-likeness (QED) is 0.268. The summed E-state index contributed by atoms with van der Waals surface area (Å²) in [5.74, 6) is -0.469. The Morgan fingerprint density at radius 3 is 2.76 bits per heavy atom. The number of ether oxygens (including phenoxy) is 2. The van der Waals surface area contributed by atoms with Crippen molar-refractivity contribution in [3.8, 4) is 0 Å². The average molecular weight is 492 g/mol. The first kappa shape index (κ1) is 26.2. The van der Waals surface area contributed by atoms with Gasteiger partial charge < -0.3 is 19.7 Å². The summed E-state index contributed by atoms with van der Waals surface area (Å²) in [7, 11) is -4.30. The molecular weight excluding hydrogens is 468 g/mol. The van der Waals surface area contributed by atoms with Crippen LogP contribution in [0.5, 0.6) is 0 Å². The zero-order chi connectivity index (χ0) is 22.9. The van der Waals surface area contributed by atoms with Gasteiger partial charge in [0.05, 0.1) is 12.9 Å². The number of nitrogens with one attached hydrogen (secondary N) is 1. The Balaban J connectivity index is 0.00000306. The van der Waals surface area contributed by atoms with Crippen LogP contribution in [0.3, 0.4) is 0 Å². The summed E-state index contributed by atoms with van der Waals surface area (Å²) in [5.41, 5.74) is 0.638. The van der Waals surface area contributed by atoms with Gasteiger partial charge in [-0.05, 0) is 12.8 Å². The monoisotopic (exact) mass is 492 g/mol. The molecule has 0 bridgehead atoms. The van der Waals surface area contributed by atoms with E-state index < -0.39 is 38.3 Å². The maximum atomic E-state index is 12.3. The molecule has 1 unspecified atom stereocenters. The van der Waals surface area contributed by atoms with Gasteiger partial charge in [-0.15, -0.1) is 0 Å². The summed E-state index contributed by atoms with van der Waals surface area (Å²) < 4.78 is 35.1. The largest absolute Gasteiger partial charge is 1.00 e. The molecule has 4 heterocycles. The number of carbonyl (C=O) groups is 2. The molecule has 0 radical (unpaired) electrons. The van der Waals surface area contributed by atoms with Crippen LogP contribution in [0.4, 0.5) is 5.82 Å². The van der Waals surface area contributed by atoms with Crippen LogP contribution in [-0.4, -0.2) is 61.2 Å². The van der Waals surface area contributed by atoms with Gasteiger partial charge in [-0.25, -0.2) is 19.5 Å². The maximum Gasteiger partial charge on any atom is 1.00 e. The minimum Gasteiger partial charge on any atom is -0.455 e. The molecule has 0 spiro atoms. The Morgan fingerprint density at radius 2 is 2.03 bits per heavy atom. The SMILES string of the molecule is CCCC(=O)Nc1ncnc2c1ncn2[C@@H]1O[C@@H]2COP(=O)(O)O[C@H]2[C@H]1OC(=O)CCC.[Na+]. The summed E-state index contributed by atoms with van der Waals surface area (Å²) in [4.78, 5) is 46.7. The van der Waals surface area contributed by atoms with Gasteiger partial charge >= 0.3 is 43.3 Å². The fourth-order valence-corrected chi connectivity index (χ4v) is 4.60. The summed E-state index contributed by atoms with van der Waals surface area (Å²) in [6, 6.07) is 0. The van der Waals surface area contributed by atoms with Crippen LogP contribution in [-0.2, 0) is 32.7 Å². The van der Waals surface area contributed by atoms with Gasteiger partial charge in [0.1, 0.15) is 18.5 Å². The van der Waals surface area contributed by atoms with E-state index in [0.29, 0.717) is 30.4 Å². The Bertz CT molecular complexity index is 1070. The maximum absolute atomic E-state index is 12.3. The first-order valence-corrected chi connectivity index (χ1v) is 11.8. The topological polar surface area (TPSA) is 164 Å². The van der Waals surface area contributed by atoms with Gasteiger partial charge in [0, 0.05) is 12.8 Å². The number of esters is 1. The van der Waals surface area contributed by atoms with Gasteiger partial charge in [0.15, 0.2) is 29.3 Å². The first-order chi connectivity index (χ1) is 15.3. The van der Waals surface area contributed by atoms with Crippen LogP contribution >= 0.6 is 7.82 Å². The molecule has 5 atom stereocenters. The van der Waals surface area contributed by atoms with Crippen molar-refractivity contribution in [3.05, 3.63) is 12.7 Å². The zero-order valence-corrected chi connectivity index (χ0v) is 21.4. The van der Waals surface area contributed by atoms with Gasteiger partial charge in [-0.3, -0.25) is 23.2 Å². The number of fused-ring (bicyclic) bond motifs is 2. The molecule has 15 heteroatoms. The summed E-state index contributed by atoms with van der Waals surface area (Å²) in [6.07, 6.45) is 0.639. The van der Waals surface area contributed by atoms with Crippen molar-refractivity contribution in [1.82, 2.24) is 19.5 Å². The third-order valence-electron chi connectivity index (χ3n) is 5.03. The smallest absolute Gasteiger partial charge is 0.455 e. The fourth-order valence-electron chi connectivity index (χ4n) is 3.64. The van der Waals surface area contributed by atoms with Gasteiger partial charge in [-0.1, -0.05) is 13.8 Å². The van der Waals surface area contributed by atoms with Crippen LogP contribution in [0, 0.1) is 0 Å². The number of carbonyl (C=O) groups excluding carboxylic acids is 2. The second kappa shape index (κ2) is 10.9. The van der Waals surface area contributed by atoms with Crippen LogP contribution in [0.25, 0.3) is 11.2 Å². The van der Waals surface area contributed by atoms with E-state index in [4.69, 9.17) is 18.5 Å². The molecule has 1 amide bonds. The van der Waals surface area contributed by atoms with E-state index in [1.807, 2.05) is 13.8 Å². The zero-order valence-electron chi connectivity index (χ0n) is 18.5. The third kappa shape index (κ3) is 5.63. The van der Waals surface area contributed by atoms with Gasteiger partial charge in [0.25, 0.3) is 0 Å². The van der Waals surface area contributed by atoms with E-state index in [2.05, 4.69) is 20.3 Å². The number of phosphoric ester groups is 1. The second-order valence-electron chi connectivity index (χ2n) is 7.45. The summed E-state index contributed by atoms with van der Waals surface area (Å²) >= 11 is 0. The van der Waals surface area contributed by atoms with E-state index in [0.717, 1.165) is 0 Å². The van der Waals surface area contributed by atoms with Crippen LogP contribution in [0.2, 0.25) is 0 Å². The van der Waals surface area contributed by atoms with Crippen molar-refractivity contribution in [2.24, 2.45) is 0 Å². The number of amides is 1. The van der Waals surface area contributed by atoms with E-state index in [1.165, 1.54) is 17.2 Å². The molecule has 33 heavy (non-hydrogen) atoms. The molecule has 2 aliphatic rings. The number of hydrogen-bond donors (Lipinski definition) is 2. The van der Waals surface area contributed by atoms with Crippen LogP contribution < -0.4 is 34.9 Å². The number of rotatable bonds is 7. The second-order valence-corrected chi connectivity index (χ2v) is 8.85. The molecule has 2 aromatic rings. The molecule has 13 nitrogen and oxygen atoms in total. The predicted octanol–water partition coefficient (Wildman–Crippen LogP) is -1.31. The number of phosphoric acid groups is 1. The van der Waals surface area contributed by atoms with E-state index in [-0.39, 0.29) is 54.3 Å². The predicted molar refractivity (Wildman–Crippen MR) is 108 cm³/mol. The molecule has 0 saturated carbocycles. The van der Waals surface area contributed by atoms with Crippen molar-refractivity contribution < 1.29 is 67.1 Å². The molecule has 0 aliphatic carbocycles. The Labute approximate surface area is 211 Å². The summed E-state index contributed by atoms with van der Waals surface area (Å²) in [5, 5.41) is 2.70. The summed E-state index contributed by atoms with van der Waals surface area (Å²) in [6.45, 7) is 3.50. The van der Waals surface area contributed by atoms with E-state index in [1.54, 1.807) is 0 Å². The van der Waals surface area contributed by atoms with Crippen molar-refractivity contribution in [2.45, 2.75) is 64.1 Å². The number of imidazole rings is 1. The molecular formula is C18H24N5NaO8P+. The Morgan fingerprint density at radius 1 is 1.27 bits per heavy atom. The molecule has 2 N–H and O–H groups in total. The average Bonchev–Trinajstić information content (AvgIpc) is 3.30. The number of nitrogens with zero attached hydrogens (tertiary/aromatic N) is 4. The van der Waals surface area contributed by atoms with E-state index in [9.17, 15) is 19.0 Å². The van der Waals surface area contributed by atoms with Crippen LogP contribution in [0.1, 0.15) is 45.8 Å². The van der Waals surface area contributed by atoms with Crippen molar-refractivity contribution in [3.63, 3.8) is 0 Å². The molecule has 2 saturated heterocycles. The molecule has 2 fully saturated rings. The van der Waals surface area contributed by atoms with Crippen molar-refractivity contribution in [1.29, 1.82) is 0 Å². The molecule has 2 aliphatic heterocycles. The minimum atomic E-state index is -4.30. The normalized spacial score (nSPS) is 28.7. The van der Waals surface area contributed by atoms with Gasteiger partial charge in [-0.2, -0.15) is 0 Å². The number of hydrogen-bond acceptors (Lipinski definition) is 10. The molecule has 4 rings (SSSR count). The number of anilines is 1. The van der Waals surface area contributed by atoms with Crippen LogP contribution in [0.15, 0.2) is 12.7 Å². The Kier molecular flexibility index (Phi) is 8.62. The fraction of sp³-hybridized carbons (Fsp3) is 0.611. The molecule has 0 aromatic carbocycles. The Hall–Kier alpha value is -1.44. The standard InChI is InChI=1S/C18H24N5O8P.Na/c1-3-5-11(24)22-16-13-17(20-8-19-16)23(9-21-13)18-15(30-12(25)6-4-2)14-10(29-18)7-28-32(26,27)31-14;/h8-10,14-15,18H,3-7H2,1-2H3,(H,26,27)(H,19,20,22,24);/q;+1/t10-,14-,15-,18-;/m1./s1. The molecule has 2 aromatic heterocycles. The molecule has 174 valence electrons.